The molecule has 0 radical (unpaired) electrons. The highest BCUT2D eigenvalue weighted by Gasteiger charge is 2.36. The Kier molecular flexibility index (Phi) is 5.61. The van der Waals surface area contributed by atoms with Gasteiger partial charge in [0.05, 0.1) is 17.8 Å². The zero-order valence-electron chi connectivity index (χ0n) is 15.7. The minimum absolute atomic E-state index is 0.0295. The van der Waals surface area contributed by atoms with Crippen LogP contribution in [-0.2, 0) is 0 Å². The van der Waals surface area contributed by atoms with E-state index in [-0.39, 0.29) is 17.6 Å². The van der Waals surface area contributed by atoms with E-state index in [1.54, 1.807) is 45.0 Å². The molecular weight excluding hydrogens is 330 g/mol. The van der Waals surface area contributed by atoms with E-state index in [1.807, 2.05) is 19.9 Å². The van der Waals surface area contributed by atoms with E-state index in [0.717, 1.165) is 0 Å². The van der Waals surface area contributed by atoms with Crippen LogP contribution in [-0.4, -0.2) is 22.9 Å². The molecule has 1 atom stereocenters. The van der Waals surface area contributed by atoms with Crippen molar-refractivity contribution in [2.24, 2.45) is 5.41 Å². The Labute approximate surface area is 153 Å². The van der Waals surface area contributed by atoms with Crippen LogP contribution in [0.3, 0.4) is 0 Å². The van der Waals surface area contributed by atoms with E-state index < -0.39 is 11.5 Å². The average molecular weight is 353 g/mol. The van der Waals surface area contributed by atoms with Crippen LogP contribution < -0.4 is 5.32 Å². The lowest BCUT2D eigenvalue weighted by molar-refractivity contribution is 0.0758. The summed E-state index contributed by atoms with van der Waals surface area (Å²) in [6, 6.07) is 8.09. The second kappa shape index (κ2) is 7.52. The molecule has 1 N–H and O–H groups in total. The van der Waals surface area contributed by atoms with Crippen LogP contribution in [0.2, 0.25) is 0 Å². The molecule has 0 saturated carbocycles. The molecule has 0 aliphatic rings. The number of aromatic nitrogens is 1. The van der Waals surface area contributed by atoms with Crippen LogP contribution in [0.15, 0.2) is 35.0 Å². The molecule has 1 unspecified atom stereocenters. The number of carbonyl (C=O) groups excluding carboxylic acids is 2. The van der Waals surface area contributed by atoms with Gasteiger partial charge >= 0.3 is 0 Å². The Balaban J connectivity index is 2.17. The quantitative estimate of drug-likeness (QED) is 0.799. The summed E-state index contributed by atoms with van der Waals surface area (Å²) in [7, 11) is 0. The van der Waals surface area contributed by atoms with Gasteiger partial charge in [-0.25, -0.2) is 0 Å². The lowest BCUT2D eigenvalue weighted by Gasteiger charge is -2.31. The fraction of sp³-hybridized carbons (Fsp3) is 0.400. The lowest BCUT2D eigenvalue weighted by atomic mass is 9.78. The van der Waals surface area contributed by atoms with E-state index in [2.05, 4.69) is 10.5 Å². The fourth-order valence-corrected chi connectivity index (χ4v) is 2.56. The Morgan fingerprint density at radius 1 is 1.19 bits per heavy atom. The average Bonchev–Trinajstić information content (AvgIpc) is 3.11. The summed E-state index contributed by atoms with van der Waals surface area (Å²) in [5.74, 6) is 0.125. The van der Waals surface area contributed by atoms with E-state index in [0.29, 0.717) is 22.5 Å². The number of ketones is 1. The molecule has 6 heteroatoms. The van der Waals surface area contributed by atoms with Gasteiger partial charge in [-0.05, 0) is 19.1 Å². The summed E-state index contributed by atoms with van der Waals surface area (Å²) in [4.78, 5) is 25.5. The molecule has 0 aliphatic heterocycles. The number of hydrogen-bond donors (Lipinski definition) is 1. The normalized spacial score (nSPS) is 12.5. The smallest absolute Gasteiger partial charge is 0.256 e. The summed E-state index contributed by atoms with van der Waals surface area (Å²) in [6.07, 6.45) is 1.40. The first-order valence-electron chi connectivity index (χ1n) is 8.48. The van der Waals surface area contributed by atoms with Gasteiger partial charge in [0.15, 0.2) is 11.5 Å². The van der Waals surface area contributed by atoms with Gasteiger partial charge in [0.2, 0.25) is 0 Å². The van der Waals surface area contributed by atoms with E-state index in [9.17, 15) is 9.59 Å². The largest absolute Gasteiger partial charge is 0.360 e. The van der Waals surface area contributed by atoms with Gasteiger partial charge in [0.1, 0.15) is 5.56 Å². The number of nitriles is 1. The van der Waals surface area contributed by atoms with Crippen LogP contribution in [0, 0.1) is 16.7 Å². The van der Waals surface area contributed by atoms with Crippen molar-refractivity contribution in [3.8, 4) is 6.07 Å². The molecule has 1 aromatic carbocycles. The number of hydrogen-bond acceptors (Lipinski definition) is 5. The van der Waals surface area contributed by atoms with Gasteiger partial charge in [-0.15, -0.1) is 0 Å². The van der Waals surface area contributed by atoms with Crippen molar-refractivity contribution in [1.82, 2.24) is 10.5 Å². The number of Topliss-reactive ketones (excluding diaryl/α,β-unsaturated/α-hetero) is 1. The van der Waals surface area contributed by atoms with Crippen molar-refractivity contribution in [3.63, 3.8) is 0 Å². The first kappa shape index (κ1) is 19.4. The Morgan fingerprint density at radius 2 is 1.81 bits per heavy atom. The number of nitrogens with one attached hydrogen (secondary N) is 1. The Morgan fingerprint density at radius 3 is 2.35 bits per heavy atom. The standard InChI is InChI=1S/C20H23N3O3/c1-12(2)17-16(11-22-26-17)19(25)23-13(3)20(4,5)18(24)15-8-6-14(10-21)7-9-15/h6-9,11-13H,1-5H3,(H,23,25). The molecule has 2 rings (SSSR count). The van der Waals surface area contributed by atoms with Crippen LogP contribution in [0.1, 0.15) is 72.6 Å². The van der Waals surface area contributed by atoms with Gasteiger partial charge in [0, 0.05) is 22.9 Å². The zero-order chi connectivity index (χ0) is 19.5. The van der Waals surface area contributed by atoms with Gasteiger partial charge < -0.3 is 9.84 Å². The first-order chi connectivity index (χ1) is 12.2. The third kappa shape index (κ3) is 3.83. The highest BCUT2D eigenvalue weighted by atomic mass is 16.5. The van der Waals surface area contributed by atoms with Crippen molar-refractivity contribution in [3.05, 3.63) is 52.9 Å². The maximum Gasteiger partial charge on any atom is 0.256 e. The van der Waals surface area contributed by atoms with Crippen LogP contribution >= 0.6 is 0 Å². The van der Waals surface area contributed by atoms with Gasteiger partial charge in [0.25, 0.3) is 5.91 Å². The maximum atomic E-state index is 12.9. The van der Waals surface area contributed by atoms with Crippen LogP contribution in [0.25, 0.3) is 0 Å². The molecule has 0 bridgehead atoms. The van der Waals surface area contributed by atoms with Crippen LogP contribution in [0.5, 0.6) is 0 Å². The topological polar surface area (TPSA) is 96.0 Å². The summed E-state index contributed by atoms with van der Waals surface area (Å²) in [6.45, 7) is 9.20. The van der Waals surface area contributed by atoms with Gasteiger partial charge in [-0.1, -0.05) is 45.0 Å². The molecule has 136 valence electrons. The summed E-state index contributed by atoms with van der Waals surface area (Å²) < 4.78 is 5.15. The van der Waals surface area contributed by atoms with Gasteiger partial charge in [-0.3, -0.25) is 9.59 Å². The zero-order valence-corrected chi connectivity index (χ0v) is 15.7. The maximum absolute atomic E-state index is 12.9. The second-order valence-electron chi connectivity index (χ2n) is 7.19. The molecule has 1 heterocycles. The third-order valence-corrected chi connectivity index (χ3v) is 4.66. The number of rotatable bonds is 6. The molecule has 0 fully saturated rings. The molecule has 0 spiro atoms. The Bertz CT molecular complexity index is 842. The SMILES string of the molecule is CC(C)c1oncc1C(=O)NC(C)C(C)(C)C(=O)c1ccc(C#N)cc1. The third-order valence-electron chi connectivity index (χ3n) is 4.66. The molecule has 0 aliphatic carbocycles. The lowest BCUT2D eigenvalue weighted by Crippen LogP contribution is -2.47. The molecule has 26 heavy (non-hydrogen) atoms. The van der Waals surface area contributed by atoms with Gasteiger partial charge in [-0.2, -0.15) is 5.26 Å². The number of carbonyl (C=O) groups is 2. The number of amides is 1. The highest BCUT2D eigenvalue weighted by molar-refractivity contribution is 6.01. The van der Waals surface area contributed by atoms with Crippen molar-refractivity contribution in [1.29, 1.82) is 5.26 Å². The molecular formula is C20H23N3O3. The molecule has 1 amide bonds. The van der Waals surface area contributed by atoms with Crippen molar-refractivity contribution in [2.75, 3.05) is 0 Å². The predicted octanol–water partition coefficient (Wildman–Crippen LogP) is 3.70. The van der Waals surface area contributed by atoms with Crippen molar-refractivity contribution < 1.29 is 14.1 Å². The minimum Gasteiger partial charge on any atom is -0.360 e. The number of nitrogens with zero attached hydrogens (tertiary/aromatic N) is 2. The molecule has 1 aromatic heterocycles. The first-order valence-corrected chi connectivity index (χ1v) is 8.48. The van der Waals surface area contributed by atoms with Crippen LogP contribution in [0.4, 0.5) is 0 Å². The van der Waals surface area contributed by atoms with Crippen molar-refractivity contribution in [2.45, 2.75) is 46.6 Å². The second-order valence-corrected chi connectivity index (χ2v) is 7.19. The summed E-state index contributed by atoms with van der Waals surface area (Å²) in [5.41, 5.74) is 0.546. The molecule has 2 aromatic rings. The van der Waals surface area contributed by atoms with Crippen molar-refractivity contribution >= 4 is 11.7 Å². The molecule has 0 saturated heterocycles. The minimum atomic E-state index is -0.834. The monoisotopic (exact) mass is 353 g/mol. The highest BCUT2D eigenvalue weighted by Crippen LogP contribution is 2.27. The predicted molar refractivity (Wildman–Crippen MR) is 96.8 cm³/mol. The van der Waals surface area contributed by atoms with E-state index in [1.165, 1.54) is 6.20 Å². The fourth-order valence-electron chi connectivity index (χ4n) is 2.56. The Hall–Kier alpha value is -2.94. The summed E-state index contributed by atoms with van der Waals surface area (Å²) in [5, 5.41) is 15.5. The van der Waals surface area contributed by atoms with E-state index >= 15 is 0 Å². The molecule has 6 nitrogen and oxygen atoms in total. The van der Waals surface area contributed by atoms with E-state index in [4.69, 9.17) is 9.78 Å². The summed E-state index contributed by atoms with van der Waals surface area (Å²) >= 11 is 0. The number of benzene rings is 1.